The third-order valence-electron chi connectivity index (χ3n) is 1.80. The lowest BCUT2D eigenvalue weighted by molar-refractivity contribution is 0.538. The lowest BCUT2D eigenvalue weighted by Gasteiger charge is -1.87. The molecule has 12 heavy (non-hydrogen) atoms. The molecule has 0 spiro atoms. The van der Waals surface area contributed by atoms with E-state index in [-0.39, 0.29) is 0 Å². The number of rotatable bonds is 1. The normalized spacial score (nSPS) is 10.8. The zero-order chi connectivity index (χ0) is 8.55. The van der Waals surface area contributed by atoms with E-state index >= 15 is 0 Å². The van der Waals surface area contributed by atoms with Crippen molar-refractivity contribution in [3.63, 3.8) is 0 Å². The van der Waals surface area contributed by atoms with E-state index in [0.29, 0.717) is 0 Å². The summed E-state index contributed by atoms with van der Waals surface area (Å²) in [6.45, 7) is 5.84. The van der Waals surface area contributed by atoms with Gasteiger partial charge in [-0.25, -0.2) is 4.98 Å². The highest BCUT2D eigenvalue weighted by Crippen LogP contribution is 2.16. The highest BCUT2D eigenvalue weighted by Gasteiger charge is 2.02. The van der Waals surface area contributed by atoms with Crippen molar-refractivity contribution >= 4 is 11.1 Å². The van der Waals surface area contributed by atoms with Crippen LogP contribution in [0, 0.1) is 6.92 Å². The number of benzene rings is 1. The fourth-order valence-electron chi connectivity index (χ4n) is 1.17. The van der Waals surface area contributed by atoms with Crippen LogP contribution in [0.2, 0.25) is 0 Å². The molecule has 0 aliphatic rings. The van der Waals surface area contributed by atoms with E-state index in [9.17, 15) is 0 Å². The quantitative estimate of drug-likeness (QED) is 0.640. The average Bonchev–Trinajstić information content (AvgIpc) is 2.46. The Labute approximate surface area is 71.2 Å². The van der Waals surface area contributed by atoms with Crippen LogP contribution >= 0.6 is 0 Å². The predicted molar refractivity (Wildman–Crippen MR) is 47.8 cm³/mol. The number of hydrogen-bond donors (Lipinski definition) is 0. The standard InChI is InChI=1S/C10H10NO/c1-3-10-11-8-5-4-7(2)6-9(8)12-10/h4-6H,2-3H2,1H3. The van der Waals surface area contributed by atoms with Crippen LogP contribution in [-0.4, -0.2) is 4.98 Å². The summed E-state index contributed by atoms with van der Waals surface area (Å²) in [5, 5.41) is 0. The topological polar surface area (TPSA) is 26.0 Å². The largest absolute Gasteiger partial charge is 0.441 e. The van der Waals surface area contributed by atoms with Crippen LogP contribution in [0.3, 0.4) is 0 Å². The Hall–Kier alpha value is -1.31. The van der Waals surface area contributed by atoms with Gasteiger partial charge in [0.1, 0.15) is 5.52 Å². The first-order valence-corrected chi connectivity index (χ1v) is 4.01. The molecular weight excluding hydrogens is 150 g/mol. The van der Waals surface area contributed by atoms with E-state index in [1.54, 1.807) is 0 Å². The SMILES string of the molecule is [CH2]c1ccc2nc(CC)oc2c1. The van der Waals surface area contributed by atoms with E-state index in [2.05, 4.69) is 11.9 Å². The molecule has 61 valence electrons. The molecule has 0 unspecified atom stereocenters. The summed E-state index contributed by atoms with van der Waals surface area (Å²) in [5.74, 6) is 0.788. The molecule has 2 nitrogen and oxygen atoms in total. The lowest BCUT2D eigenvalue weighted by atomic mass is 10.2. The Morgan fingerprint density at radius 3 is 3.08 bits per heavy atom. The first kappa shape index (κ1) is 7.35. The number of hydrogen-bond acceptors (Lipinski definition) is 2. The van der Waals surface area contributed by atoms with Crippen LogP contribution in [-0.2, 0) is 6.42 Å². The molecule has 0 saturated carbocycles. The summed E-state index contributed by atoms with van der Waals surface area (Å²) >= 11 is 0. The monoisotopic (exact) mass is 160 g/mol. The smallest absolute Gasteiger partial charge is 0.195 e. The molecular formula is C10H10NO. The molecule has 0 bridgehead atoms. The molecule has 1 aromatic heterocycles. The van der Waals surface area contributed by atoms with E-state index < -0.39 is 0 Å². The van der Waals surface area contributed by atoms with Crippen molar-refractivity contribution < 1.29 is 4.42 Å². The van der Waals surface area contributed by atoms with Gasteiger partial charge in [-0.15, -0.1) is 0 Å². The Morgan fingerprint density at radius 1 is 1.50 bits per heavy atom. The zero-order valence-electron chi connectivity index (χ0n) is 7.00. The van der Waals surface area contributed by atoms with Gasteiger partial charge >= 0.3 is 0 Å². The minimum Gasteiger partial charge on any atom is -0.441 e. The van der Waals surface area contributed by atoms with Crippen molar-refractivity contribution in [2.75, 3.05) is 0 Å². The van der Waals surface area contributed by atoms with Crippen molar-refractivity contribution in [1.29, 1.82) is 0 Å². The molecule has 0 N–H and O–H groups in total. The van der Waals surface area contributed by atoms with Crippen LogP contribution < -0.4 is 0 Å². The van der Waals surface area contributed by atoms with E-state index in [4.69, 9.17) is 4.42 Å². The Balaban J connectivity index is 2.67. The van der Waals surface area contributed by atoms with Crippen molar-refractivity contribution in [3.05, 3.63) is 36.6 Å². The molecule has 0 amide bonds. The maximum atomic E-state index is 5.45. The fourth-order valence-corrected chi connectivity index (χ4v) is 1.17. The number of nitrogens with zero attached hydrogens (tertiary/aromatic N) is 1. The molecule has 2 aromatic rings. The number of aryl methyl sites for hydroxylation is 1. The Morgan fingerprint density at radius 2 is 2.33 bits per heavy atom. The molecule has 0 aliphatic heterocycles. The van der Waals surface area contributed by atoms with Crippen LogP contribution in [0.15, 0.2) is 22.6 Å². The first-order chi connectivity index (χ1) is 5.79. The number of oxazole rings is 1. The fraction of sp³-hybridized carbons (Fsp3) is 0.200. The summed E-state index contributed by atoms with van der Waals surface area (Å²) < 4.78 is 5.45. The highest BCUT2D eigenvalue weighted by molar-refractivity contribution is 5.73. The summed E-state index contributed by atoms with van der Waals surface area (Å²) in [6.07, 6.45) is 0.834. The van der Waals surface area contributed by atoms with Crippen molar-refractivity contribution in [2.24, 2.45) is 0 Å². The third-order valence-corrected chi connectivity index (χ3v) is 1.80. The maximum Gasteiger partial charge on any atom is 0.195 e. The van der Waals surface area contributed by atoms with E-state index in [0.717, 1.165) is 29.0 Å². The van der Waals surface area contributed by atoms with Gasteiger partial charge in [-0.2, -0.15) is 0 Å². The second-order valence-electron chi connectivity index (χ2n) is 2.76. The van der Waals surface area contributed by atoms with Gasteiger partial charge in [-0.3, -0.25) is 0 Å². The molecule has 0 aliphatic carbocycles. The Bertz CT molecular complexity index is 403. The highest BCUT2D eigenvalue weighted by atomic mass is 16.3. The molecule has 0 atom stereocenters. The summed E-state index contributed by atoms with van der Waals surface area (Å²) in [7, 11) is 0. The molecule has 0 saturated heterocycles. The lowest BCUT2D eigenvalue weighted by Crippen LogP contribution is -1.75. The summed E-state index contributed by atoms with van der Waals surface area (Å²) in [6, 6.07) is 5.77. The van der Waals surface area contributed by atoms with Crippen LogP contribution in [0.5, 0.6) is 0 Å². The van der Waals surface area contributed by atoms with Gasteiger partial charge in [0.2, 0.25) is 0 Å². The van der Waals surface area contributed by atoms with Gasteiger partial charge in [0, 0.05) is 6.42 Å². The van der Waals surface area contributed by atoms with Crippen LogP contribution in [0.1, 0.15) is 18.4 Å². The van der Waals surface area contributed by atoms with Gasteiger partial charge < -0.3 is 4.42 Å². The molecule has 2 heteroatoms. The summed E-state index contributed by atoms with van der Waals surface area (Å²) in [4.78, 5) is 4.28. The summed E-state index contributed by atoms with van der Waals surface area (Å²) in [5.41, 5.74) is 2.71. The molecule has 1 aromatic carbocycles. The van der Waals surface area contributed by atoms with Crippen molar-refractivity contribution in [3.8, 4) is 0 Å². The third kappa shape index (κ3) is 1.09. The minimum atomic E-state index is 0.788. The van der Waals surface area contributed by atoms with Crippen molar-refractivity contribution in [2.45, 2.75) is 13.3 Å². The maximum absolute atomic E-state index is 5.45. The second-order valence-corrected chi connectivity index (χ2v) is 2.76. The molecule has 1 heterocycles. The van der Waals surface area contributed by atoms with Gasteiger partial charge in [0.15, 0.2) is 11.5 Å². The van der Waals surface area contributed by atoms with Crippen LogP contribution in [0.4, 0.5) is 0 Å². The number of aromatic nitrogens is 1. The molecule has 2 rings (SSSR count). The average molecular weight is 160 g/mol. The Kier molecular flexibility index (Phi) is 1.61. The molecule has 0 fully saturated rings. The second kappa shape index (κ2) is 2.63. The first-order valence-electron chi connectivity index (χ1n) is 4.01. The van der Waals surface area contributed by atoms with Crippen LogP contribution in [0.25, 0.3) is 11.1 Å². The van der Waals surface area contributed by atoms with Crippen molar-refractivity contribution in [1.82, 2.24) is 4.98 Å². The zero-order valence-corrected chi connectivity index (χ0v) is 7.00. The number of fused-ring (bicyclic) bond motifs is 1. The van der Waals surface area contributed by atoms with Gasteiger partial charge in [0.05, 0.1) is 0 Å². The van der Waals surface area contributed by atoms with E-state index in [1.807, 2.05) is 25.1 Å². The van der Waals surface area contributed by atoms with Gasteiger partial charge in [-0.05, 0) is 24.6 Å². The molecule has 1 radical (unpaired) electrons. The van der Waals surface area contributed by atoms with Gasteiger partial charge in [0.25, 0.3) is 0 Å². The predicted octanol–water partition coefficient (Wildman–Crippen LogP) is 2.57. The van der Waals surface area contributed by atoms with Gasteiger partial charge in [-0.1, -0.05) is 13.0 Å². The minimum absolute atomic E-state index is 0.788. The van der Waals surface area contributed by atoms with E-state index in [1.165, 1.54) is 0 Å².